The molecule has 0 atom stereocenters. The summed E-state index contributed by atoms with van der Waals surface area (Å²) in [7, 11) is 0. The van der Waals surface area contributed by atoms with E-state index in [2.05, 4.69) is 20.4 Å². The van der Waals surface area contributed by atoms with Crippen LogP contribution in [0.2, 0.25) is 0 Å². The molecule has 0 radical (unpaired) electrons. The molecule has 0 spiro atoms. The number of alkyl halides is 5. The molecule has 0 bridgehead atoms. The van der Waals surface area contributed by atoms with Gasteiger partial charge in [-0.2, -0.15) is 22.0 Å². The highest BCUT2D eigenvalue weighted by atomic mass is 19.4. The quantitative estimate of drug-likeness (QED) is 0.334. The average Bonchev–Trinajstić information content (AvgIpc) is 3.17. The van der Waals surface area contributed by atoms with Crippen molar-refractivity contribution in [3.63, 3.8) is 0 Å². The number of halogens is 5. The molecule has 1 amide bonds. The van der Waals surface area contributed by atoms with Gasteiger partial charge in [0.15, 0.2) is 0 Å². The number of nitrogens with one attached hydrogen (secondary N) is 3. The van der Waals surface area contributed by atoms with Gasteiger partial charge in [-0.15, -0.1) is 0 Å². The van der Waals surface area contributed by atoms with Crippen LogP contribution in [0.4, 0.5) is 22.0 Å². The van der Waals surface area contributed by atoms with Crippen molar-refractivity contribution in [1.82, 2.24) is 15.6 Å². The van der Waals surface area contributed by atoms with Crippen molar-refractivity contribution in [3.8, 4) is 5.75 Å². The lowest BCUT2D eigenvalue weighted by Gasteiger charge is -2.22. The van der Waals surface area contributed by atoms with Gasteiger partial charge < -0.3 is 25.5 Å². The topological polar surface area (TPSA) is 103 Å². The van der Waals surface area contributed by atoms with Crippen LogP contribution in [-0.4, -0.2) is 54.4 Å². The zero-order valence-electron chi connectivity index (χ0n) is 17.7. The summed E-state index contributed by atoms with van der Waals surface area (Å²) in [5.41, 5.74) is 1.02. The summed E-state index contributed by atoms with van der Waals surface area (Å²) in [4.78, 5) is 24.1. The summed E-state index contributed by atoms with van der Waals surface area (Å²) in [6, 6.07) is 6.30. The standard InChI is InChI=1S/C19H25F2N3O2.C2HF3O2/c20-19(21)26-15-5-4-14-11-17(24-16(14)12-15)18(25)23-8-2-1-3-13-6-9-22-10-7-13;3-2(4,5)1(6)7/h4-5,11-13,19,22,24H,1-3,6-10H2,(H,23,25);(H,6,7). The van der Waals surface area contributed by atoms with Crippen molar-refractivity contribution in [2.45, 2.75) is 44.9 Å². The number of carboxylic acids is 1. The Morgan fingerprint density at radius 1 is 1.15 bits per heavy atom. The number of hydrogen-bond acceptors (Lipinski definition) is 4. The molecule has 0 saturated carbocycles. The highest BCUT2D eigenvalue weighted by molar-refractivity contribution is 5.98. The van der Waals surface area contributed by atoms with Crippen molar-refractivity contribution >= 4 is 22.8 Å². The minimum atomic E-state index is -5.08. The van der Waals surface area contributed by atoms with Crippen LogP contribution in [0, 0.1) is 5.92 Å². The molecule has 4 N–H and O–H groups in total. The minimum Gasteiger partial charge on any atom is -0.475 e. The first-order valence-corrected chi connectivity index (χ1v) is 10.4. The number of aromatic nitrogens is 1. The Morgan fingerprint density at radius 3 is 2.42 bits per heavy atom. The summed E-state index contributed by atoms with van der Waals surface area (Å²) in [6.45, 7) is 0.00596. The Kier molecular flexibility index (Phi) is 9.89. The van der Waals surface area contributed by atoms with E-state index in [0.29, 0.717) is 17.8 Å². The average molecular weight is 479 g/mol. The van der Waals surface area contributed by atoms with Crippen molar-refractivity contribution in [2.75, 3.05) is 19.6 Å². The molecule has 1 saturated heterocycles. The summed E-state index contributed by atoms with van der Waals surface area (Å²) in [5, 5.41) is 14.2. The molecule has 1 aromatic heterocycles. The number of carbonyl (C=O) groups is 2. The summed E-state index contributed by atoms with van der Waals surface area (Å²) in [5.74, 6) is -2.06. The number of hydrogen-bond donors (Lipinski definition) is 4. The van der Waals surface area contributed by atoms with E-state index in [1.165, 1.54) is 31.4 Å². The molecule has 2 heterocycles. The molecule has 0 unspecified atom stereocenters. The van der Waals surface area contributed by atoms with Crippen LogP contribution in [0.1, 0.15) is 42.6 Å². The zero-order chi connectivity index (χ0) is 24.4. The number of ether oxygens (including phenoxy) is 1. The molecule has 1 fully saturated rings. The summed E-state index contributed by atoms with van der Waals surface area (Å²) < 4.78 is 60.7. The van der Waals surface area contributed by atoms with E-state index < -0.39 is 18.8 Å². The molecule has 3 rings (SSSR count). The molecule has 1 aromatic carbocycles. The number of fused-ring (bicyclic) bond motifs is 1. The normalized spacial score (nSPS) is 14.6. The Balaban J connectivity index is 0.000000479. The van der Waals surface area contributed by atoms with Gasteiger partial charge >= 0.3 is 18.8 Å². The van der Waals surface area contributed by atoms with Gasteiger partial charge in [0.25, 0.3) is 5.91 Å². The number of rotatable bonds is 8. The van der Waals surface area contributed by atoms with E-state index in [-0.39, 0.29) is 11.7 Å². The molecular formula is C21H26F5N3O4. The van der Waals surface area contributed by atoms with Crippen LogP contribution in [0.25, 0.3) is 10.9 Å². The fourth-order valence-corrected chi connectivity index (χ4v) is 3.43. The van der Waals surface area contributed by atoms with Gasteiger partial charge in [0.05, 0.1) is 0 Å². The van der Waals surface area contributed by atoms with E-state index in [9.17, 15) is 26.7 Å². The minimum absolute atomic E-state index is 0.0687. The first-order valence-electron chi connectivity index (χ1n) is 10.4. The first-order chi connectivity index (χ1) is 15.6. The molecule has 0 aliphatic carbocycles. The number of piperidine rings is 1. The Bertz CT molecular complexity index is 911. The fraction of sp³-hybridized carbons (Fsp3) is 0.524. The second-order valence-electron chi connectivity index (χ2n) is 7.56. The molecule has 33 heavy (non-hydrogen) atoms. The maximum Gasteiger partial charge on any atom is 0.490 e. The van der Waals surface area contributed by atoms with Gasteiger partial charge in [0.2, 0.25) is 0 Å². The Hall–Kier alpha value is -2.89. The number of aliphatic carboxylic acids is 1. The van der Waals surface area contributed by atoms with Gasteiger partial charge in [-0.3, -0.25) is 4.79 Å². The first kappa shape index (κ1) is 26.4. The van der Waals surface area contributed by atoms with Crippen LogP contribution < -0.4 is 15.4 Å². The van der Waals surface area contributed by atoms with Crippen LogP contribution in [-0.2, 0) is 4.79 Å². The van der Waals surface area contributed by atoms with Crippen LogP contribution in [0.3, 0.4) is 0 Å². The Morgan fingerprint density at radius 2 is 1.82 bits per heavy atom. The smallest absolute Gasteiger partial charge is 0.475 e. The summed E-state index contributed by atoms with van der Waals surface area (Å²) in [6.07, 6.45) is 0.711. The lowest BCUT2D eigenvalue weighted by molar-refractivity contribution is -0.192. The van der Waals surface area contributed by atoms with E-state index in [4.69, 9.17) is 9.90 Å². The highest BCUT2D eigenvalue weighted by Crippen LogP contribution is 2.23. The maximum atomic E-state index is 12.3. The number of benzene rings is 1. The molecule has 184 valence electrons. The lowest BCUT2D eigenvalue weighted by Crippen LogP contribution is -2.28. The van der Waals surface area contributed by atoms with Gasteiger partial charge in [-0.25, -0.2) is 4.79 Å². The second kappa shape index (κ2) is 12.4. The fourth-order valence-electron chi connectivity index (χ4n) is 3.43. The van der Waals surface area contributed by atoms with Gasteiger partial charge in [0, 0.05) is 23.5 Å². The van der Waals surface area contributed by atoms with Gasteiger partial charge in [-0.05, 0) is 56.5 Å². The third-order valence-corrected chi connectivity index (χ3v) is 5.09. The molecule has 1 aliphatic heterocycles. The third kappa shape index (κ3) is 9.24. The molecular weight excluding hydrogens is 453 g/mol. The molecule has 1 aliphatic rings. The predicted octanol–water partition coefficient (Wildman–Crippen LogP) is 4.30. The highest BCUT2D eigenvalue weighted by Gasteiger charge is 2.38. The molecule has 12 heteroatoms. The van der Waals surface area contributed by atoms with Crippen LogP contribution in [0.5, 0.6) is 5.75 Å². The summed E-state index contributed by atoms with van der Waals surface area (Å²) >= 11 is 0. The van der Waals surface area contributed by atoms with Crippen molar-refractivity contribution in [3.05, 3.63) is 30.0 Å². The zero-order valence-corrected chi connectivity index (χ0v) is 17.7. The Labute approximate surface area is 186 Å². The number of carboxylic acid groups (broad SMARTS) is 1. The van der Waals surface area contributed by atoms with Gasteiger partial charge in [0.1, 0.15) is 11.4 Å². The van der Waals surface area contributed by atoms with Crippen molar-refractivity contribution in [1.29, 1.82) is 0 Å². The molecule has 2 aromatic rings. The monoisotopic (exact) mass is 479 g/mol. The largest absolute Gasteiger partial charge is 0.490 e. The van der Waals surface area contributed by atoms with Crippen LogP contribution in [0.15, 0.2) is 24.3 Å². The number of carbonyl (C=O) groups excluding carboxylic acids is 1. The molecule has 7 nitrogen and oxygen atoms in total. The SMILES string of the molecule is O=C(NCCCCC1CCNCC1)c1cc2ccc(OC(F)F)cc2[nH]1.O=C(O)C(F)(F)F. The number of unbranched alkanes of at least 4 members (excludes halogenated alkanes) is 1. The number of aromatic amines is 1. The second-order valence-corrected chi connectivity index (χ2v) is 7.56. The predicted molar refractivity (Wildman–Crippen MR) is 110 cm³/mol. The van der Waals surface area contributed by atoms with Crippen molar-refractivity contribution < 1.29 is 41.4 Å². The maximum absolute atomic E-state index is 12.3. The van der Waals surface area contributed by atoms with E-state index in [0.717, 1.165) is 37.2 Å². The van der Waals surface area contributed by atoms with Crippen molar-refractivity contribution in [2.24, 2.45) is 5.92 Å². The number of amides is 1. The van der Waals surface area contributed by atoms with E-state index in [1.54, 1.807) is 12.1 Å². The van der Waals surface area contributed by atoms with E-state index in [1.807, 2.05) is 0 Å². The lowest BCUT2D eigenvalue weighted by atomic mass is 9.92. The van der Waals surface area contributed by atoms with Crippen LogP contribution >= 0.6 is 0 Å². The van der Waals surface area contributed by atoms with E-state index >= 15 is 0 Å². The third-order valence-electron chi connectivity index (χ3n) is 5.09. The number of H-pyrrole nitrogens is 1. The van der Waals surface area contributed by atoms with Gasteiger partial charge in [-0.1, -0.05) is 12.8 Å².